The van der Waals surface area contributed by atoms with Gasteiger partial charge in [-0.15, -0.1) is 10.2 Å². The van der Waals surface area contributed by atoms with Crippen molar-refractivity contribution in [2.24, 2.45) is 0 Å². The van der Waals surface area contributed by atoms with Crippen LogP contribution < -0.4 is 10.1 Å². The van der Waals surface area contributed by atoms with Gasteiger partial charge in [0.05, 0.1) is 12.6 Å². The molecule has 0 saturated carbocycles. The van der Waals surface area contributed by atoms with E-state index in [-0.39, 0.29) is 6.04 Å². The molecule has 2 aromatic rings. The smallest absolute Gasteiger partial charge is 0.164 e. The van der Waals surface area contributed by atoms with Crippen molar-refractivity contribution in [2.75, 3.05) is 13.2 Å². The fourth-order valence-corrected chi connectivity index (χ4v) is 2.59. The van der Waals surface area contributed by atoms with Gasteiger partial charge in [0, 0.05) is 18.7 Å². The average molecular weight is 286 g/mol. The minimum atomic E-state index is 0.261. The Balaban J connectivity index is 1.78. The summed E-state index contributed by atoms with van der Waals surface area (Å²) in [5.41, 5.74) is 1.09. The van der Waals surface area contributed by atoms with E-state index < -0.39 is 0 Å². The van der Waals surface area contributed by atoms with Crippen LogP contribution >= 0.6 is 0 Å². The molecular weight excluding hydrogens is 264 g/mol. The van der Waals surface area contributed by atoms with Gasteiger partial charge in [0.25, 0.3) is 0 Å². The molecule has 0 saturated heterocycles. The zero-order valence-corrected chi connectivity index (χ0v) is 12.7. The lowest BCUT2D eigenvalue weighted by atomic mass is 10.2. The number of unbranched alkanes of at least 4 members (excludes halogenated alkanes) is 1. The van der Waals surface area contributed by atoms with Gasteiger partial charge in [0.2, 0.25) is 0 Å². The monoisotopic (exact) mass is 286 g/mol. The maximum Gasteiger partial charge on any atom is 0.164 e. The first-order chi connectivity index (χ1) is 10.3. The first kappa shape index (κ1) is 14.1. The quantitative estimate of drug-likeness (QED) is 0.859. The molecular formula is C16H22N4O. The number of fused-ring (bicyclic) bond motifs is 1. The van der Waals surface area contributed by atoms with Gasteiger partial charge < -0.3 is 14.6 Å². The van der Waals surface area contributed by atoms with Crippen molar-refractivity contribution in [1.29, 1.82) is 0 Å². The normalized spacial score (nSPS) is 17.5. The van der Waals surface area contributed by atoms with Crippen LogP contribution in [0.3, 0.4) is 0 Å². The highest BCUT2D eigenvalue weighted by Crippen LogP contribution is 2.25. The third-order valence-corrected chi connectivity index (χ3v) is 3.83. The van der Waals surface area contributed by atoms with E-state index in [1.54, 1.807) is 0 Å². The lowest BCUT2D eigenvalue weighted by Crippen LogP contribution is -2.32. The molecule has 0 radical (unpaired) electrons. The lowest BCUT2D eigenvalue weighted by molar-refractivity contribution is 0.309. The second-order valence-electron chi connectivity index (χ2n) is 5.44. The van der Waals surface area contributed by atoms with E-state index in [4.69, 9.17) is 4.74 Å². The number of aromatic nitrogens is 3. The Kier molecular flexibility index (Phi) is 4.20. The maximum atomic E-state index is 5.70. The maximum absolute atomic E-state index is 5.70. The molecule has 0 amide bonds. The third-order valence-electron chi connectivity index (χ3n) is 3.83. The predicted molar refractivity (Wildman–Crippen MR) is 82.3 cm³/mol. The Bertz CT molecular complexity index is 591. The fourth-order valence-electron chi connectivity index (χ4n) is 2.59. The van der Waals surface area contributed by atoms with Crippen molar-refractivity contribution in [3.63, 3.8) is 0 Å². The van der Waals surface area contributed by atoms with Crippen LogP contribution in [0.4, 0.5) is 0 Å². The molecule has 1 unspecified atom stereocenters. The summed E-state index contributed by atoms with van der Waals surface area (Å²) in [6.45, 7) is 6.93. The van der Waals surface area contributed by atoms with E-state index in [0.29, 0.717) is 0 Å². The molecule has 0 aliphatic carbocycles. The van der Waals surface area contributed by atoms with Crippen molar-refractivity contribution in [2.45, 2.75) is 39.3 Å². The molecule has 1 N–H and O–H groups in total. The van der Waals surface area contributed by atoms with Crippen molar-refractivity contribution in [3.05, 3.63) is 30.1 Å². The number of benzene rings is 1. The summed E-state index contributed by atoms with van der Waals surface area (Å²) in [5, 5.41) is 12.1. The standard InChI is InChI=1S/C16H22N4O/c1-3-4-11-21-14-7-5-13(6-8-14)16-19-18-15-12(2)17-9-10-20(15)16/h5-8,12,17H,3-4,9-11H2,1-2H3. The third kappa shape index (κ3) is 2.93. The SMILES string of the molecule is CCCCOc1ccc(-c2nnc3n2CCNC3C)cc1. The van der Waals surface area contributed by atoms with Gasteiger partial charge in [0.15, 0.2) is 5.82 Å². The summed E-state index contributed by atoms with van der Waals surface area (Å²) in [7, 11) is 0. The van der Waals surface area contributed by atoms with Gasteiger partial charge in [-0.2, -0.15) is 0 Å². The number of hydrogen-bond acceptors (Lipinski definition) is 4. The topological polar surface area (TPSA) is 52.0 Å². The Hall–Kier alpha value is -1.88. The molecule has 112 valence electrons. The largest absolute Gasteiger partial charge is 0.494 e. The van der Waals surface area contributed by atoms with Crippen LogP contribution in [0.5, 0.6) is 5.75 Å². The van der Waals surface area contributed by atoms with Crippen molar-refractivity contribution in [3.8, 4) is 17.1 Å². The van der Waals surface area contributed by atoms with E-state index in [2.05, 4.69) is 46.1 Å². The molecule has 21 heavy (non-hydrogen) atoms. The summed E-state index contributed by atoms with van der Waals surface area (Å²) in [5.74, 6) is 2.87. The molecule has 1 aliphatic rings. The van der Waals surface area contributed by atoms with E-state index in [1.165, 1.54) is 0 Å². The Labute approximate surface area is 125 Å². The second kappa shape index (κ2) is 6.26. The summed E-state index contributed by atoms with van der Waals surface area (Å²) in [6, 6.07) is 8.40. The van der Waals surface area contributed by atoms with Gasteiger partial charge in [-0.25, -0.2) is 0 Å². The molecule has 0 fully saturated rings. The van der Waals surface area contributed by atoms with Crippen molar-refractivity contribution >= 4 is 0 Å². The van der Waals surface area contributed by atoms with Crippen LogP contribution in [-0.2, 0) is 6.54 Å². The number of nitrogens with zero attached hydrogens (tertiary/aromatic N) is 3. The van der Waals surface area contributed by atoms with E-state index in [1.807, 2.05) is 12.1 Å². The Morgan fingerprint density at radius 2 is 2.10 bits per heavy atom. The minimum absolute atomic E-state index is 0.261. The highest BCUT2D eigenvalue weighted by molar-refractivity contribution is 5.57. The van der Waals surface area contributed by atoms with Crippen molar-refractivity contribution in [1.82, 2.24) is 20.1 Å². The first-order valence-corrected chi connectivity index (χ1v) is 7.69. The zero-order valence-electron chi connectivity index (χ0n) is 12.7. The number of hydrogen-bond donors (Lipinski definition) is 1. The van der Waals surface area contributed by atoms with Gasteiger partial charge in [-0.05, 0) is 37.6 Å². The number of ether oxygens (including phenoxy) is 1. The van der Waals surface area contributed by atoms with Gasteiger partial charge >= 0.3 is 0 Å². The summed E-state index contributed by atoms with van der Waals surface area (Å²) in [6.07, 6.45) is 2.24. The summed E-state index contributed by atoms with van der Waals surface area (Å²) in [4.78, 5) is 0. The molecule has 0 spiro atoms. The van der Waals surface area contributed by atoms with Gasteiger partial charge in [0.1, 0.15) is 11.6 Å². The Morgan fingerprint density at radius 1 is 1.29 bits per heavy atom. The van der Waals surface area contributed by atoms with Crippen molar-refractivity contribution < 1.29 is 4.74 Å². The molecule has 1 atom stereocenters. The van der Waals surface area contributed by atoms with Crippen LogP contribution in [0.25, 0.3) is 11.4 Å². The highest BCUT2D eigenvalue weighted by atomic mass is 16.5. The second-order valence-corrected chi connectivity index (χ2v) is 5.44. The average Bonchev–Trinajstić information content (AvgIpc) is 2.94. The van der Waals surface area contributed by atoms with Crippen LogP contribution in [-0.4, -0.2) is 27.9 Å². The first-order valence-electron chi connectivity index (χ1n) is 7.69. The van der Waals surface area contributed by atoms with E-state index in [9.17, 15) is 0 Å². The van der Waals surface area contributed by atoms with Crippen LogP contribution in [0.15, 0.2) is 24.3 Å². The van der Waals surface area contributed by atoms with Gasteiger partial charge in [-0.3, -0.25) is 0 Å². The molecule has 1 aliphatic heterocycles. The van der Waals surface area contributed by atoms with Gasteiger partial charge in [-0.1, -0.05) is 13.3 Å². The number of rotatable bonds is 5. The molecule has 3 rings (SSSR count). The minimum Gasteiger partial charge on any atom is -0.494 e. The van der Waals surface area contributed by atoms with Crippen LogP contribution in [0.1, 0.15) is 38.6 Å². The molecule has 2 heterocycles. The number of nitrogens with one attached hydrogen (secondary N) is 1. The molecule has 1 aromatic carbocycles. The fraction of sp³-hybridized carbons (Fsp3) is 0.500. The predicted octanol–water partition coefficient (Wildman–Crippen LogP) is 2.79. The Morgan fingerprint density at radius 3 is 2.86 bits per heavy atom. The molecule has 0 bridgehead atoms. The molecule has 1 aromatic heterocycles. The highest BCUT2D eigenvalue weighted by Gasteiger charge is 2.21. The summed E-state index contributed by atoms with van der Waals surface area (Å²) >= 11 is 0. The van der Waals surface area contributed by atoms with E-state index >= 15 is 0 Å². The zero-order chi connectivity index (χ0) is 14.7. The van der Waals surface area contributed by atoms with Crippen LogP contribution in [0.2, 0.25) is 0 Å². The summed E-state index contributed by atoms with van der Waals surface area (Å²) < 4.78 is 7.90. The molecule has 5 heteroatoms. The van der Waals surface area contributed by atoms with Crippen LogP contribution in [0, 0.1) is 0 Å². The van der Waals surface area contributed by atoms with E-state index in [0.717, 1.165) is 55.5 Å². The molecule has 5 nitrogen and oxygen atoms in total. The lowest BCUT2D eigenvalue weighted by Gasteiger charge is -2.21.